The number of methoxy groups -OCH3 is 1. The van der Waals surface area contributed by atoms with Gasteiger partial charge >= 0.3 is 0 Å². The van der Waals surface area contributed by atoms with Crippen LogP contribution in [0.4, 0.5) is 10.8 Å². The van der Waals surface area contributed by atoms with E-state index in [1.165, 1.54) is 36.6 Å². The zero-order valence-electron chi connectivity index (χ0n) is 18.1. The fourth-order valence-electron chi connectivity index (χ4n) is 3.01. The van der Waals surface area contributed by atoms with Crippen LogP contribution in [-0.4, -0.2) is 26.7 Å². The first kappa shape index (κ1) is 23.7. The Hall–Kier alpha value is -3.46. The third-order valence-corrected chi connectivity index (χ3v) is 7.16. The molecule has 172 valence electrons. The fraction of sp³-hybridized carbons (Fsp3) is 0.0400. The van der Waals surface area contributed by atoms with Crippen molar-refractivity contribution in [3.8, 4) is 17.0 Å². The Morgan fingerprint density at radius 3 is 2.56 bits per heavy atom. The van der Waals surface area contributed by atoms with Crippen LogP contribution in [0.25, 0.3) is 17.3 Å². The molecular weight excluding hydrogens is 490 g/mol. The number of hydrogen-bond acceptors (Lipinski definition) is 6. The summed E-state index contributed by atoms with van der Waals surface area (Å²) in [5.74, 6) is 0.289. The molecule has 0 spiro atoms. The van der Waals surface area contributed by atoms with Gasteiger partial charge in [0.15, 0.2) is 0 Å². The number of ether oxygens (including phenoxy) is 1. The summed E-state index contributed by atoms with van der Waals surface area (Å²) in [5, 5.41) is 2.88. The Balaban J connectivity index is 1.42. The third kappa shape index (κ3) is 5.91. The van der Waals surface area contributed by atoms with E-state index < -0.39 is 10.0 Å². The standard InChI is InChI=1S/C25H20ClN3O3S2/c1-32-24-16-21(13-14-22(24)26)34(30,31)29-20-11-9-19(10-12-20)23-17-33-25(28-23)27-15-5-8-18-6-3-2-4-7-18/h2-17,29H,1H3. The summed E-state index contributed by atoms with van der Waals surface area (Å²) < 4.78 is 33.1. The van der Waals surface area contributed by atoms with Crippen LogP contribution in [0.3, 0.4) is 0 Å². The van der Waals surface area contributed by atoms with Gasteiger partial charge in [-0.25, -0.2) is 18.4 Å². The number of benzene rings is 3. The van der Waals surface area contributed by atoms with Gasteiger partial charge in [0.25, 0.3) is 10.0 Å². The molecule has 6 nitrogen and oxygen atoms in total. The van der Waals surface area contributed by atoms with Crippen molar-refractivity contribution in [2.45, 2.75) is 4.90 Å². The Kier molecular flexibility index (Phi) is 7.42. The van der Waals surface area contributed by atoms with E-state index in [-0.39, 0.29) is 10.6 Å². The van der Waals surface area contributed by atoms with Gasteiger partial charge in [0.1, 0.15) is 5.75 Å². The first-order valence-electron chi connectivity index (χ1n) is 10.1. The summed E-state index contributed by atoms with van der Waals surface area (Å²) in [6, 6.07) is 21.2. The first-order chi connectivity index (χ1) is 16.4. The number of hydrogen-bond donors (Lipinski definition) is 1. The maximum absolute atomic E-state index is 12.7. The highest BCUT2D eigenvalue weighted by molar-refractivity contribution is 7.92. The number of nitrogens with one attached hydrogen (secondary N) is 1. The monoisotopic (exact) mass is 509 g/mol. The minimum absolute atomic E-state index is 0.0566. The zero-order chi connectivity index (χ0) is 24.0. The summed E-state index contributed by atoms with van der Waals surface area (Å²) in [6.07, 6.45) is 5.55. The smallest absolute Gasteiger partial charge is 0.262 e. The highest BCUT2D eigenvalue weighted by atomic mass is 35.5. The Bertz CT molecular complexity index is 1430. The van der Waals surface area contributed by atoms with Crippen LogP contribution >= 0.6 is 22.9 Å². The molecule has 0 aliphatic heterocycles. The summed E-state index contributed by atoms with van der Waals surface area (Å²) in [4.78, 5) is 8.95. The molecule has 1 aromatic heterocycles. The number of thiazole rings is 1. The lowest BCUT2D eigenvalue weighted by atomic mass is 10.1. The van der Waals surface area contributed by atoms with E-state index in [0.717, 1.165) is 16.8 Å². The first-order valence-corrected chi connectivity index (χ1v) is 12.9. The predicted octanol–water partition coefficient (Wildman–Crippen LogP) is 6.69. The molecule has 34 heavy (non-hydrogen) atoms. The average molecular weight is 510 g/mol. The second-order valence-corrected chi connectivity index (χ2v) is 9.97. The summed E-state index contributed by atoms with van der Waals surface area (Å²) in [5.41, 5.74) is 3.14. The molecule has 0 saturated carbocycles. The van der Waals surface area contributed by atoms with Crippen LogP contribution in [0, 0.1) is 0 Å². The summed E-state index contributed by atoms with van der Waals surface area (Å²) in [7, 11) is -2.37. The fourth-order valence-corrected chi connectivity index (χ4v) is 4.96. The van der Waals surface area contributed by atoms with Gasteiger partial charge in [-0.15, -0.1) is 11.3 Å². The summed E-state index contributed by atoms with van der Waals surface area (Å²) in [6.45, 7) is 0. The molecule has 1 heterocycles. The molecule has 0 amide bonds. The molecule has 0 bridgehead atoms. The van der Waals surface area contributed by atoms with Crippen molar-refractivity contribution in [3.05, 3.63) is 94.8 Å². The Morgan fingerprint density at radius 2 is 1.82 bits per heavy atom. The van der Waals surface area contributed by atoms with Crippen molar-refractivity contribution in [1.82, 2.24) is 4.98 Å². The second-order valence-electron chi connectivity index (χ2n) is 7.04. The Morgan fingerprint density at radius 1 is 1.06 bits per heavy atom. The number of anilines is 1. The van der Waals surface area contributed by atoms with Gasteiger partial charge in [-0.2, -0.15) is 0 Å². The van der Waals surface area contributed by atoms with Gasteiger partial charge in [0.2, 0.25) is 5.13 Å². The number of allylic oxidation sites excluding steroid dienone is 1. The van der Waals surface area contributed by atoms with E-state index in [9.17, 15) is 8.42 Å². The zero-order valence-corrected chi connectivity index (χ0v) is 20.4. The lowest BCUT2D eigenvalue weighted by Crippen LogP contribution is -2.13. The van der Waals surface area contributed by atoms with E-state index in [1.807, 2.05) is 47.9 Å². The van der Waals surface area contributed by atoms with Gasteiger partial charge in [-0.3, -0.25) is 4.72 Å². The van der Waals surface area contributed by atoms with Gasteiger partial charge in [-0.1, -0.05) is 60.1 Å². The van der Waals surface area contributed by atoms with Crippen LogP contribution in [-0.2, 0) is 10.0 Å². The molecule has 4 rings (SSSR count). The molecule has 4 aromatic rings. The molecule has 0 saturated heterocycles. The molecule has 0 fully saturated rings. The minimum Gasteiger partial charge on any atom is -0.495 e. The van der Waals surface area contributed by atoms with E-state index in [0.29, 0.717) is 15.8 Å². The lowest BCUT2D eigenvalue weighted by Gasteiger charge is -2.10. The van der Waals surface area contributed by atoms with Crippen LogP contribution in [0.15, 0.2) is 94.1 Å². The second kappa shape index (κ2) is 10.6. The Labute approximate surface area is 207 Å². The molecule has 9 heteroatoms. The predicted molar refractivity (Wildman–Crippen MR) is 140 cm³/mol. The highest BCUT2D eigenvalue weighted by Crippen LogP contribution is 2.30. The van der Waals surface area contributed by atoms with Crippen molar-refractivity contribution in [2.24, 2.45) is 4.99 Å². The van der Waals surface area contributed by atoms with Crippen LogP contribution < -0.4 is 9.46 Å². The molecule has 0 aliphatic rings. The van der Waals surface area contributed by atoms with E-state index >= 15 is 0 Å². The summed E-state index contributed by atoms with van der Waals surface area (Å²) >= 11 is 7.42. The molecule has 0 radical (unpaired) electrons. The number of sulfonamides is 1. The molecule has 0 aliphatic carbocycles. The van der Waals surface area contributed by atoms with Crippen molar-refractivity contribution < 1.29 is 13.2 Å². The van der Waals surface area contributed by atoms with Crippen molar-refractivity contribution >= 4 is 56.1 Å². The van der Waals surface area contributed by atoms with E-state index in [4.69, 9.17) is 16.3 Å². The lowest BCUT2D eigenvalue weighted by molar-refractivity contribution is 0.413. The van der Waals surface area contributed by atoms with Gasteiger partial charge in [0, 0.05) is 28.9 Å². The van der Waals surface area contributed by atoms with Gasteiger partial charge in [-0.05, 0) is 35.9 Å². The number of rotatable bonds is 8. The molecule has 0 atom stereocenters. The van der Waals surface area contributed by atoms with Crippen molar-refractivity contribution in [2.75, 3.05) is 11.8 Å². The minimum atomic E-state index is -3.80. The maximum Gasteiger partial charge on any atom is 0.262 e. The molecule has 0 unspecified atom stereocenters. The number of aliphatic imine (C=N–C) groups is 1. The van der Waals surface area contributed by atoms with Crippen LogP contribution in [0.5, 0.6) is 5.75 Å². The topological polar surface area (TPSA) is 80.7 Å². The van der Waals surface area contributed by atoms with E-state index in [1.54, 1.807) is 30.5 Å². The van der Waals surface area contributed by atoms with Crippen molar-refractivity contribution in [3.63, 3.8) is 0 Å². The average Bonchev–Trinajstić information content (AvgIpc) is 3.32. The number of aromatic nitrogens is 1. The molecular formula is C25H20ClN3O3S2. The van der Waals surface area contributed by atoms with Crippen LogP contribution in [0.1, 0.15) is 5.56 Å². The largest absolute Gasteiger partial charge is 0.495 e. The number of halogens is 1. The molecule has 3 aromatic carbocycles. The third-order valence-electron chi connectivity index (χ3n) is 4.72. The SMILES string of the molecule is COc1cc(S(=O)(=O)Nc2ccc(-c3csc(N=CC=Cc4ccccc4)n3)cc2)ccc1Cl. The van der Waals surface area contributed by atoms with Gasteiger partial charge < -0.3 is 4.74 Å². The van der Waals surface area contributed by atoms with Gasteiger partial charge in [0.05, 0.1) is 22.7 Å². The number of nitrogens with zero attached hydrogens (tertiary/aromatic N) is 2. The normalized spacial score (nSPS) is 11.8. The van der Waals surface area contributed by atoms with Crippen molar-refractivity contribution in [1.29, 1.82) is 0 Å². The maximum atomic E-state index is 12.7. The van der Waals surface area contributed by atoms with E-state index in [2.05, 4.69) is 14.7 Å². The quantitative estimate of drug-likeness (QED) is 0.268. The molecule has 1 N–H and O–H groups in total. The highest BCUT2D eigenvalue weighted by Gasteiger charge is 2.16. The van der Waals surface area contributed by atoms with Crippen LogP contribution in [0.2, 0.25) is 5.02 Å².